The summed E-state index contributed by atoms with van der Waals surface area (Å²) in [6.07, 6.45) is 2.64. The van der Waals surface area contributed by atoms with Crippen LogP contribution in [0.2, 0.25) is 0 Å². The molecule has 1 aliphatic heterocycles. The van der Waals surface area contributed by atoms with Crippen LogP contribution in [0, 0.1) is 0 Å². The number of carbonyl (C=O) groups is 1. The van der Waals surface area contributed by atoms with Crippen molar-refractivity contribution in [2.45, 2.75) is 13.3 Å². The van der Waals surface area contributed by atoms with Gasteiger partial charge in [0.25, 0.3) is 0 Å². The number of hydrogen-bond acceptors (Lipinski definition) is 2. The molecule has 2 rings (SSSR count). The summed E-state index contributed by atoms with van der Waals surface area (Å²) >= 11 is 0. The summed E-state index contributed by atoms with van der Waals surface area (Å²) in [7, 11) is 0. The van der Waals surface area contributed by atoms with Gasteiger partial charge in [0.05, 0.1) is 0 Å². The van der Waals surface area contributed by atoms with E-state index in [4.69, 9.17) is 0 Å². The Kier molecular flexibility index (Phi) is 3.94. The molecular formula is C14H18N2O. The summed E-state index contributed by atoms with van der Waals surface area (Å²) in [6.45, 7) is 4.31. The summed E-state index contributed by atoms with van der Waals surface area (Å²) in [5.74, 6) is 0.202. The molecule has 0 bridgehead atoms. The van der Waals surface area contributed by atoms with Gasteiger partial charge in [0.1, 0.15) is 0 Å². The summed E-state index contributed by atoms with van der Waals surface area (Å²) in [4.78, 5) is 13.7. The molecule has 1 saturated heterocycles. The fourth-order valence-corrected chi connectivity index (χ4v) is 1.99. The molecule has 1 aliphatic rings. The minimum Gasteiger partial charge on any atom is -0.314 e. The Bertz CT molecular complexity index is 411. The SMILES string of the molecule is CCC(=O)N1CCNCC1=Cc1ccccc1. The van der Waals surface area contributed by atoms with Gasteiger partial charge in [-0.25, -0.2) is 0 Å². The number of nitrogens with zero attached hydrogens (tertiary/aromatic N) is 1. The molecule has 1 heterocycles. The molecule has 0 unspecified atom stereocenters. The number of hydrogen-bond donors (Lipinski definition) is 1. The van der Waals surface area contributed by atoms with Gasteiger partial charge in [-0.3, -0.25) is 4.79 Å². The highest BCUT2D eigenvalue weighted by atomic mass is 16.2. The molecule has 1 amide bonds. The molecule has 0 aliphatic carbocycles. The van der Waals surface area contributed by atoms with Crippen molar-refractivity contribution in [2.24, 2.45) is 0 Å². The molecule has 0 atom stereocenters. The van der Waals surface area contributed by atoms with Crippen molar-refractivity contribution in [3.63, 3.8) is 0 Å². The average molecular weight is 230 g/mol. The fourth-order valence-electron chi connectivity index (χ4n) is 1.99. The number of benzene rings is 1. The minimum absolute atomic E-state index is 0.202. The molecule has 0 saturated carbocycles. The maximum absolute atomic E-state index is 11.8. The molecule has 1 fully saturated rings. The molecular weight excluding hydrogens is 212 g/mol. The Balaban J connectivity index is 2.22. The number of rotatable bonds is 2. The molecule has 3 heteroatoms. The van der Waals surface area contributed by atoms with Gasteiger partial charge in [0.2, 0.25) is 5.91 Å². The van der Waals surface area contributed by atoms with E-state index in [1.165, 1.54) is 0 Å². The lowest BCUT2D eigenvalue weighted by atomic mass is 10.1. The Morgan fingerprint density at radius 3 is 2.88 bits per heavy atom. The van der Waals surface area contributed by atoms with Gasteiger partial charge in [0, 0.05) is 31.8 Å². The van der Waals surface area contributed by atoms with E-state index < -0.39 is 0 Å². The van der Waals surface area contributed by atoms with Gasteiger partial charge in [-0.1, -0.05) is 37.3 Å². The highest BCUT2D eigenvalue weighted by Gasteiger charge is 2.19. The summed E-state index contributed by atoms with van der Waals surface area (Å²) in [5, 5.41) is 3.30. The Labute approximate surface area is 102 Å². The van der Waals surface area contributed by atoms with Gasteiger partial charge < -0.3 is 10.2 Å². The summed E-state index contributed by atoms with van der Waals surface area (Å²) < 4.78 is 0. The van der Waals surface area contributed by atoms with Crippen LogP contribution in [0.5, 0.6) is 0 Å². The van der Waals surface area contributed by atoms with Crippen LogP contribution in [0.15, 0.2) is 36.0 Å². The molecule has 90 valence electrons. The van der Waals surface area contributed by atoms with Gasteiger partial charge in [0.15, 0.2) is 0 Å². The third-order valence-electron chi connectivity index (χ3n) is 2.90. The molecule has 1 N–H and O–H groups in total. The second kappa shape index (κ2) is 5.64. The zero-order valence-electron chi connectivity index (χ0n) is 10.1. The normalized spacial score (nSPS) is 18.4. The van der Waals surface area contributed by atoms with Crippen molar-refractivity contribution >= 4 is 12.0 Å². The number of carbonyl (C=O) groups excluding carboxylic acids is 1. The van der Waals surface area contributed by atoms with Crippen LogP contribution in [-0.4, -0.2) is 30.4 Å². The zero-order valence-corrected chi connectivity index (χ0v) is 10.1. The van der Waals surface area contributed by atoms with Crippen LogP contribution in [0.3, 0.4) is 0 Å². The van der Waals surface area contributed by atoms with Crippen LogP contribution >= 0.6 is 0 Å². The number of piperazine rings is 1. The molecule has 0 radical (unpaired) electrons. The average Bonchev–Trinajstić information content (AvgIpc) is 2.40. The lowest BCUT2D eigenvalue weighted by Crippen LogP contribution is -2.44. The van der Waals surface area contributed by atoms with E-state index in [0.717, 1.165) is 30.9 Å². The first-order valence-electron chi connectivity index (χ1n) is 6.08. The molecule has 3 nitrogen and oxygen atoms in total. The monoisotopic (exact) mass is 230 g/mol. The van der Waals surface area contributed by atoms with Crippen LogP contribution < -0.4 is 5.32 Å². The Morgan fingerprint density at radius 1 is 1.41 bits per heavy atom. The van der Waals surface area contributed by atoms with Gasteiger partial charge >= 0.3 is 0 Å². The second-order valence-corrected chi connectivity index (χ2v) is 4.12. The smallest absolute Gasteiger partial charge is 0.226 e. The molecule has 1 aromatic rings. The standard InChI is InChI=1S/C14H18N2O/c1-2-14(17)16-9-8-15-11-13(16)10-12-6-4-3-5-7-12/h3-7,10,15H,2,8-9,11H2,1H3. The maximum atomic E-state index is 11.8. The van der Waals surface area contributed by atoms with Gasteiger partial charge in [-0.2, -0.15) is 0 Å². The lowest BCUT2D eigenvalue weighted by molar-refractivity contribution is -0.129. The molecule has 17 heavy (non-hydrogen) atoms. The van der Waals surface area contributed by atoms with Crippen molar-refractivity contribution in [1.29, 1.82) is 0 Å². The quantitative estimate of drug-likeness (QED) is 0.841. The van der Waals surface area contributed by atoms with Crippen molar-refractivity contribution < 1.29 is 4.79 Å². The second-order valence-electron chi connectivity index (χ2n) is 4.12. The molecule has 0 aromatic heterocycles. The van der Waals surface area contributed by atoms with Crippen molar-refractivity contribution in [3.8, 4) is 0 Å². The fraction of sp³-hybridized carbons (Fsp3) is 0.357. The van der Waals surface area contributed by atoms with E-state index in [1.807, 2.05) is 30.0 Å². The third kappa shape index (κ3) is 2.94. The lowest BCUT2D eigenvalue weighted by Gasteiger charge is -2.30. The van der Waals surface area contributed by atoms with E-state index in [1.54, 1.807) is 0 Å². The topological polar surface area (TPSA) is 32.3 Å². The Hall–Kier alpha value is -1.61. The Morgan fingerprint density at radius 2 is 2.18 bits per heavy atom. The third-order valence-corrected chi connectivity index (χ3v) is 2.90. The first-order chi connectivity index (χ1) is 8.31. The highest BCUT2D eigenvalue weighted by molar-refractivity contribution is 5.79. The largest absolute Gasteiger partial charge is 0.314 e. The molecule has 0 spiro atoms. The zero-order chi connectivity index (χ0) is 12.1. The van der Waals surface area contributed by atoms with Crippen LogP contribution in [0.1, 0.15) is 18.9 Å². The summed E-state index contributed by atoms with van der Waals surface area (Å²) in [5.41, 5.74) is 2.20. The van der Waals surface area contributed by atoms with Crippen LogP contribution in [-0.2, 0) is 4.79 Å². The predicted molar refractivity (Wildman–Crippen MR) is 69.3 cm³/mol. The maximum Gasteiger partial charge on any atom is 0.226 e. The minimum atomic E-state index is 0.202. The van der Waals surface area contributed by atoms with Gasteiger partial charge in [-0.05, 0) is 11.6 Å². The first kappa shape index (κ1) is 11.9. The van der Waals surface area contributed by atoms with E-state index >= 15 is 0 Å². The van der Waals surface area contributed by atoms with Crippen molar-refractivity contribution in [2.75, 3.05) is 19.6 Å². The predicted octanol–water partition coefficient (Wildman–Crippen LogP) is 1.87. The van der Waals surface area contributed by atoms with E-state index in [9.17, 15) is 4.79 Å². The van der Waals surface area contributed by atoms with E-state index in [2.05, 4.69) is 23.5 Å². The number of nitrogens with one attached hydrogen (secondary N) is 1. The highest BCUT2D eigenvalue weighted by Crippen LogP contribution is 2.14. The first-order valence-corrected chi connectivity index (χ1v) is 6.08. The van der Waals surface area contributed by atoms with Gasteiger partial charge in [-0.15, -0.1) is 0 Å². The number of amides is 1. The molecule has 1 aromatic carbocycles. The van der Waals surface area contributed by atoms with Crippen LogP contribution in [0.4, 0.5) is 0 Å². The summed E-state index contributed by atoms with van der Waals surface area (Å²) in [6, 6.07) is 10.1. The van der Waals surface area contributed by atoms with Crippen LogP contribution in [0.25, 0.3) is 6.08 Å². The van der Waals surface area contributed by atoms with E-state index in [0.29, 0.717) is 6.42 Å². The van der Waals surface area contributed by atoms with E-state index in [-0.39, 0.29) is 5.91 Å². The van der Waals surface area contributed by atoms with Crippen molar-refractivity contribution in [3.05, 3.63) is 41.6 Å². The van der Waals surface area contributed by atoms with Crippen molar-refractivity contribution in [1.82, 2.24) is 10.2 Å².